The van der Waals surface area contributed by atoms with Gasteiger partial charge in [0, 0.05) is 338 Å². The maximum absolute atomic E-state index is 2.96. The van der Waals surface area contributed by atoms with Crippen LogP contribution in [0.2, 0.25) is 0 Å². The second kappa shape index (κ2) is 57.1. The minimum atomic E-state index is -1.18. The van der Waals surface area contributed by atoms with Gasteiger partial charge in [-0.1, -0.05) is 0 Å². The van der Waals surface area contributed by atoms with Gasteiger partial charge in [0.25, 0.3) is 0 Å². The van der Waals surface area contributed by atoms with E-state index in [4.69, 9.17) is 0 Å². The zero-order valence-corrected chi connectivity index (χ0v) is 92.7. The summed E-state index contributed by atoms with van der Waals surface area (Å²) in [5, 5.41) is 0. The Labute approximate surface area is 812 Å². The molecular weight excluding hydrogens is 1270 g/mol. The van der Waals surface area contributed by atoms with Gasteiger partial charge in [-0.2, -0.15) is 0 Å². The van der Waals surface area contributed by atoms with Crippen LogP contribution in [0.1, 0.15) is 0 Å². The van der Waals surface area contributed by atoms with Crippen LogP contribution in [0.4, 0.5) is 0 Å². The third-order valence-electron chi connectivity index (χ3n) is 34.2. The monoisotopic (exact) mass is 1420 g/mol. The van der Waals surface area contributed by atoms with Gasteiger partial charge in [0.2, 0.25) is 0 Å². The number of rotatable bonds is 56. The molecule has 0 spiro atoms. The average molecular weight is 1390 g/mol. The van der Waals surface area contributed by atoms with E-state index in [1.165, 1.54) is 0 Å². The van der Waals surface area contributed by atoms with Crippen molar-refractivity contribution in [3.05, 3.63) is 0 Å². The van der Waals surface area contributed by atoms with Crippen molar-refractivity contribution < 1.29 is 0 Å². The lowest BCUT2D eigenvalue weighted by Gasteiger charge is -2.65. The SMILES string of the molecule is BB(B)B(B)B(B(B(B)B)B(B)B)B(B(B(B)B)B(B)B)B(B(B(B(B(B)B)B(B)B)B(B(B)B)B(B)B)B(B(B(B)B)B(B)B)B(B(B)B)B(B)B)P(B(B(B(B(B)B)B(B)B)B(B(B)B)B(B)B)B(B(B(B)B)B(B)B)B(B(B)B)B(B)B)B(B(B(B(B)B)B(B)B)B(B(B)B)B(B)B)B(B(B(B)B)B(B)B)B(B(B)B)B(B)B. The highest BCUT2D eigenvalue weighted by molar-refractivity contribution is 8.65. The molecule has 0 atom stereocenters. The molecule has 0 fully saturated rings. The van der Waals surface area contributed by atoms with Crippen LogP contribution in [-0.4, -0.2) is 814 Å². The van der Waals surface area contributed by atoms with Gasteiger partial charge in [0.1, 0.15) is 0 Å². The minimum absolute atomic E-state index is 0.422. The van der Waals surface area contributed by atoms with Gasteiger partial charge >= 0.3 is 0 Å². The Morgan fingerprint density at radius 3 is 0.250 bits per heavy atom. The molecule has 468 valence electrons. The molecule has 0 unspecified atom stereocenters. The van der Waals surface area contributed by atoms with Gasteiger partial charge in [0.15, 0.2) is 0 Å². The Morgan fingerprint density at radius 1 is 0.0776 bits per heavy atom. The van der Waals surface area contributed by atoms with E-state index in [1.54, 1.807) is 0 Å². The van der Waals surface area contributed by atoms with Crippen molar-refractivity contribution in [2.45, 2.75) is 0 Å². The summed E-state index contributed by atoms with van der Waals surface area (Å²) in [6.45, 7) is 0. The highest BCUT2D eigenvalue weighted by atomic mass is 31.1. The topological polar surface area (TPSA) is 0 Å². The molecule has 0 aromatic rings. The molecule has 0 aromatic heterocycles. The van der Waals surface area contributed by atoms with Crippen LogP contribution in [0.15, 0.2) is 0 Å². The smallest absolute Gasteiger partial charge is 0.0552 e. The van der Waals surface area contributed by atoms with Crippen molar-refractivity contribution in [3.63, 3.8) is 0 Å². The summed E-state index contributed by atoms with van der Waals surface area (Å²) in [5.74, 6) is 0. The maximum Gasteiger partial charge on any atom is 0.0552 e. The van der Waals surface area contributed by atoms with E-state index in [2.05, 4.69) is 456 Å². The van der Waals surface area contributed by atoms with E-state index in [9.17, 15) is 0 Å². The zero-order valence-electron chi connectivity index (χ0n) is 91.8. The van der Waals surface area contributed by atoms with E-state index < -0.39 is 7.56 Å². The fraction of sp³-hybridized carbons (Fsp3) is 0. The standard InChI is InChI=1S/B115H118P/c1-60(2)89(59)104(90(61(3)4)62(5)6)111(103(87(55)56)88(57)58)115(112(105(91(63(7)8)64(9)10)92(65(11)12)66(13)14)106(93(67(15)16)68(17)18)94(69(19)20)70(21)22)116(113(107(95(71(23)24)72(25)26)96(73(27)28)74(29)30)108(97(75(31)32)76(33)34)98(77(35)36)78(37)38)114(109(99(79(39)40)80(41)42)100(81(43)44)82(45)46)110(101(83(47)48)84(49)50)102(85(51)52)86(53)54/h1-59H2. The minimum Gasteiger partial charge on any atom is -0.253 e. The van der Waals surface area contributed by atoms with Gasteiger partial charge in [0.05, 0.1) is 475 Å². The van der Waals surface area contributed by atoms with Crippen LogP contribution >= 0.6 is 7.56 Å². The van der Waals surface area contributed by atoms with Gasteiger partial charge in [-0.3, -0.25) is 7.56 Å². The highest BCUT2D eigenvalue weighted by Crippen LogP contribution is 2.54. The third kappa shape index (κ3) is 33.1. The fourth-order valence-electron chi connectivity index (χ4n) is 33.0. The molecule has 0 aliphatic carbocycles. The normalized spacial score (nSPS) is 9.94. The average Bonchev–Trinajstić information content (AvgIpc) is 0.702. The number of hydrogen-bond donors (Lipinski definition) is 0. The summed E-state index contributed by atoms with van der Waals surface area (Å²) >= 11 is 0. The zero-order chi connectivity index (χ0) is 91.9. The van der Waals surface area contributed by atoms with Gasteiger partial charge in [-0.05, 0) is 0 Å². The Kier molecular flexibility index (Phi) is 60.9. The van der Waals surface area contributed by atoms with Crippen molar-refractivity contribution in [1.82, 2.24) is 0 Å². The summed E-state index contributed by atoms with van der Waals surface area (Å²) in [4.78, 5) is 0. The fourth-order valence-corrected chi connectivity index (χ4v) is 39.0. The van der Waals surface area contributed by atoms with Crippen molar-refractivity contribution in [2.24, 2.45) is 0 Å². The largest absolute Gasteiger partial charge is 0.253 e. The molecule has 0 saturated carbocycles. The van der Waals surface area contributed by atoms with Crippen molar-refractivity contribution in [1.29, 1.82) is 0 Å². The lowest BCUT2D eigenvalue weighted by Crippen LogP contribution is -2.96. The van der Waals surface area contributed by atoms with Crippen LogP contribution in [0.25, 0.3) is 0 Å². The first-order valence-electron chi connectivity index (χ1n) is 52.5. The first kappa shape index (κ1) is 124. The van der Waals surface area contributed by atoms with E-state index in [1.807, 2.05) is 0 Å². The Morgan fingerprint density at radius 2 is 0.155 bits per heavy atom. The van der Waals surface area contributed by atoms with Crippen LogP contribution in [-0.2, 0) is 0 Å². The molecule has 0 rings (SSSR count). The van der Waals surface area contributed by atoms with E-state index >= 15 is 0 Å². The maximum atomic E-state index is 2.96. The molecule has 0 amide bonds. The number of hydrogen-bond acceptors (Lipinski definition) is 0. The summed E-state index contributed by atoms with van der Waals surface area (Å²) < 4.78 is 0. The predicted molar refractivity (Wildman–Crippen MR) is 833 cm³/mol. The second-order valence-electron chi connectivity index (χ2n) is 52.1. The second-order valence-corrected chi connectivity index (χ2v) is 54.8. The van der Waals surface area contributed by atoms with Gasteiger partial charge in [-0.15, -0.1) is 0 Å². The third-order valence-corrected chi connectivity index (χ3v) is 38.3. The molecule has 0 saturated heterocycles. The molecular formula is H118B115P. The van der Waals surface area contributed by atoms with E-state index in [0.717, 1.165) is 0 Å². The van der Waals surface area contributed by atoms with Crippen LogP contribution < -0.4 is 0 Å². The van der Waals surface area contributed by atoms with Gasteiger partial charge < -0.3 is 0 Å². The quantitative estimate of drug-likeness (QED) is 0.0421. The Bertz CT molecular complexity index is 2030. The highest BCUT2D eigenvalue weighted by Gasteiger charge is 2.70. The lowest BCUT2D eigenvalue weighted by molar-refractivity contribution is 3.18. The molecule has 0 radical (unpaired) electrons. The molecule has 0 bridgehead atoms. The van der Waals surface area contributed by atoms with E-state index in [0.29, 0.717) is 357 Å². The summed E-state index contributed by atoms with van der Waals surface area (Å²) in [6, 6.07) is 0. The lowest BCUT2D eigenvalue weighted by atomic mass is 8.28. The molecule has 0 nitrogen and oxygen atoms in total. The summed E-state index contributed by atoms with van der Waals surface area (Å²) in [5.41, 5.74) is 0. The molecule has 0 N–H and O–H groups in total. The first-order valence-corrected chi connectivity index (χ1v) is 54.1. The van der Waals surface area contributed by atoms with Crippen molar-refractivity contribution >= 4 is 821 Å². The summed E-state index contributed by atoms with van der Waals surface area (Å²) in [6.07, 6.45) is 28.0. The molecule has 0 aliphatic rings. The van der Waals surface area contributed by atoms with Crippen molar-refractivity contribution in [2.75, 3.05) is 0 Å². The molecule has 0 aromatic carbocycles. The van der Waals surface area contributed by atoms with Gasteiger partial charge in [-0.25, -0.2) is 0 Å². The van der Waals surface area contributed by atoms with Crippen LogP contribution in [0, 0.1) is 0 Å². The molecule has 0 heterocycles. The van der Waals surface area contributed by atoms with Crippen molar-refractivity contribution in [3.8, 4) is 0 Å². The molecule has 116 heavy (non-hydrogen) atoms. The molecule has 116 heteroatoms. The van der Waals surface area contributed by atoms with Crippen LogP contribution in [0.3, 0.4) is 0 Å². The first-order chi connectivity index (χ1) is 52.7. The molecule has 0 aliphatic heterocycles. The Balaban J connectivity index is 16.2. The van der Waals surface area contributed by atoms with Crippen LogP contribution in [0.5, 0.6) is 0 Å². The summed E-state index contributed by atoms with van der Waals surface area (Å²) in [7, 11) is 166. The Hall–Kier alpha value is 7.90. The predicted octanol–water partition coefficient (Wildman–Crippen LogP) is -74.5. The van der Waals surface area contributed by atoms with E-state index in [-0.39, 0.29) is 0 Å².